The maximum Gasteiger partial charge on any atom is 0.235 e. The van der Waals surface area contributed by atoms with Gasteiger partial charge < -0.3 is 9.84 Å². The van der Waals surface area contributed by atoms with Crippen molar-refractivity contribution in [2.75, 3.05) is 7.11 Å². The van der Waals surface area contributed by atoms with E-state index in [1.165, 1.54) is 25.3 Å². The van der Waals surface area contributed by atoms with Gasteiger partial charge in [-0.3, -0.25) is 0 Å². The molecule has 0 aromatic heterocycles. The van der Waals surface area contributed by atoms with Crippen molar-refractivity contribution in [1.82, 2.24) is 0 Å². The minimum Gasteiger partial charge on any atom is -0.512 e. The van der Waals surface area contributed by atoms with Crippen LogP contribution in [0.2, 0.25) is 0 Å². The molecule has 0 fully saturated rings. The van der Waals surface area contributed by atoms with E-state index in [1.807, 2.05) is 0 Å². The van der Waals surface area contributed by atoms with E-state index in [0.717, 1.165) is 0 Å². The highest BCUT2D eigenvalue weighted by atomic mass is 19.2. The summed E-state index contributed by atoms with van der Waals surface area (Å²) in [5, 5.41) is 8.87. The molecule has 1 aliphatic rings. The van der Waals surface area contributed by atoms with E-state index in [4.69, 9.17) is 5.11 Å². The number of alkyl halides is 1. The molecule has 1 N–H and O–H groups in total. The lowest BCUT2D eigenvalue weighted by atomic mass is 10.1. The normalized spacial score (nSPS) is 32.0. The molecule has 1 aliphatic carbocycles. The monoisotopic (exact) mass is 144 g/mol. The Kier molecular flexibility index (Phi) is 1.76. The molecule has 56 valence electrons. The molecule has 0 aliphatic heterocycles. The Bertz CT molecular complexity index is 186. The molecule has 0 spiro atoms. The second kappa shape index (κ2) is 2.42. The zero-order valence-corrected chi connectivity index (χ0v) is 5.67. The highest BCUT2D eigenvalue weighted by Gasteiger charge is 2.28. The molecule has 0 saturated heterocycles. The quantitative estimate of drug-likeness (QED) is 0.607. The summed E-state index contributed by atoms with van der Waals surface area (Å²) < 4.78 is 17.5. The average Bonchev–Trinajstić information content (AvgIpc) is 1.88. The number of halogens is 1. The van der Waals surface area contributed by atoms with Gasteiger partial charge in [-0.25, -0.2) is 4.39 Å². The van der Waals surface area contributed by atoms with Crippen molar-refractivity contribution in [3.05, 3.63) is 24.0 Å². The number of methoxy groups -OCH3 is 1. The zero-order valence-electron chi connectivity index (χ0n) is 5.67. The summed E-state index contributed by atoms with van der Waals surface area (Å²) in [5.41, 5.74) is 0. The van der Waals surface area contributed by atoms with Crippen LogP contribution in [-0.2, 0) is 4.74 Å². The molecular weight excluding hydrogens is 135 g/mol. The molecule has 10 heavy (non-hydrogen) atoms. The van der Waals surface area contributed by atoms with Crippen LogP contribution in [0.3, 0.4) is 0 Å². The van der Waals surface area contributed by atoms with Crippen molar-refractivity contribution < 1.29 is 14.2 Å². The van der Waals surface area contributed by atoms with Gasteiger partial charge >= 0.3 is 0 Å². The summed E-state index contributed by atoms with van der Waals surface area (Å²) in [6, 6.07) is 0. The predicted molar refractivity (Wildman–Crippen MR) is 35.3 cm³/mol. The summed E-state index contributed by atoms with van der Waals surface area (Å²) in [4.78, 5) is 0. The highest BCUT2D eigenvalue weighted by Crippen LogP contribution is 2.25. The third kappa shape index (κ3) is 1.36. The average molecular weight is 144 g/mol. The van der Waals surface area contributed by atoms with Gasteiger partial charge in [-0.2, -0.15) is 0 Å². The summed E-state index contributed by atoms with van der Waals surface area (Å²) in [5.74, 6) is -1.80. The van der Waals surface area contributed by atoms with Crippen LogP contribution < -0.4 is 0 Å². The Morgan fingerprint density at radius 3 is 2.90 bits per heavy atom. The van der Waals surface area contributed by atoms with Crippen LogP contribution in [0.15, 0.2) is 24.0 Å². The van der Waals surface area contributed by atoms with Gasteiger partial charge in [0, 0.05) is 7.11 Å². The maximum atomic E-state index is 13.0. The SMILES string of the molecule is COC1(F)C=CC=C(O)C1. The molecule has 0 aromatic carbocycles. The van der Waals surface area contributed by atoms with Crippen LogP contribution in [-0.4, -0.2) is 18.1 Å². The Morgan fingerprint density at radius 2 is 2.50 bits per heavy atom. The Labute approximate surface area is 58.6 Å². The van der Waals surface area contributed by atoms with E-state index < -0.39 is 5.85 Å². The largest absolute Gasteiger partial charge is 0.512 e. The van der Waals surface area contributed by atoms with Crippen molar-refractivity contribution in [2.24, 2.45) is 0 Å². The van der Waals surface area contributed by atoms with Crippen LogP contribution in [0.5, 0.6) is 0 Å². The van der Waals surface area contributed by atoms with E-state index in [9.17, 15) is 4.39 Å². The van der Waals surface area contributed by atoms with E-state index in [0.29, 0.717) is 0 Å². The first-order valence-electron chi connectivity index (χ1n) is 2.98. The predicted octanol–water partition coefficient (Wildman–Crippen LogP) is 1.70. The Balaban J connectivity index is 2.71. The molecule has 2 nitrogen and oxygen atoms in total. The summed E-state index contributed by atoms with van der Waals surface area (Å²) in [6.45, 7) is 0. The van der Waals surface area contributed by atoms with Gasteiger partial charge in [0.05, 0.1) is 12.2 Å². The summed E-state index contributed by atoms with van der Waals surface area (Å²) in [6.07, 6.45) is 4.05. The second-order valence-electron chi connectivity index (χ2n) is 2.18. The van der Waals surface area contributed by atoms with Crippen molar-refractivity contribution >= 4 is 0 Å². The van der Waals surface area contributed by atoms with Crippen molar-refractivity contribution in [1.29, 1.82) is 0 Å². The van der Waals surface area contributed by atoms with Crippen LogP contribution in [0, 0.1) is 0 Å². The van der Waals surface area contributed by atoms with Crippen LogP contribution in [0.25, 0.3) is 0 Å². The number of ether oxygens (including phenoxy) is 1. The Hall–Kier alpha value is -0.830. The standard InChI is InChI=1S/C7H9FO2/c1-10-7(8)4-2-3-6(9)5-7/h2-4,9H,5H2,1H3. The van der Waals surface area contributed by atoms with Gasteiger partial charge in [0.15, 0.2) is 0 Å². The number of aliphatic hydroxyl groups is 1. The van der Waals surface area contributed by atoms with E-state index in [1.54, 1.807) is 0 Å². The Morgan fingerprint density at radius 1 is 1.80 bits per heavy atom. The number of rotatable bonds is 1. The van der Waals surface area contributed by atoms with Gasteiger partial charge in [-0.05, 0) is 12.2 Å². The molecule has 0 saturated carbocycles. The van der Waals surface area contributed by atoms with Gasteiger partial charge in [0.2, 0.25) is 5.85 Å². The van der Waals surface area contributed by atoms with Gasteiger partial charge in [0.25, 0.3) is 0 Å². The maximum absolute atomic E-state index is 13.0. The first-order valence-corrected chi connectivity index (χ1v) is 2.98. The fraction of sp³-hybridized carbons (Fsp3) is 0.429. The molecule has 0 heterocycles. The van der Waals surface area contributed by atoms with Crippen LogP contribution >= 0.6 is 0 Å². The fourth-order valence-corrected chi connectivity index (χ4v) is 0.808. The lowest BCUT2D eigenvalue weighted by molar-refractivity contribution is -0.0844. The lowest BCUT2D eigenvalue weighted by Gasteiger charge is -2.21. The summed E-state index contributed by atoms with van der Waals surface area (Å²) >= 11 is 0. The van der Waals surface area contributed by atoms with Crippen molar-refractivity contribution in [2.45, 2.75) is 12.3 Å². The number of aliphatic hydroxyl groups excluding tert-OH is 1. The first-order chi connectivity index (χ1) is 4.66. The van der Waals surface area contributed by atoms with E-state index in [2.05, 4.69) is 4.74 Å². The zero-order chi connectivity index (χ0) is 7.61. The van der Waals surface area contributed by atoms with Gasteiger partial charge in [0.1, 0.15) is 0 Å². The highest BCUT2D eigenvalue weighted by molar-refractivity contribution is 5.18. The molecular formula is C7H9FO2. The number of hydrogen-bond donors (Lipinski definition) is 1. The lowest BCUT2D eigenvalue weighted by Crippen LogP contribution is -2.24. The van der Waals surface area contributed by atoms with E-state index in [-0.39, 0.29) is 12.2 Å². The number of allylic oxidation sites excluding steroid dienone is 2. The molecule has 0 bridgehead atoms. The topological polar surface area (TPSA) is 29.5 Å². The number of hydrogen-bond acceptors (Lipinski definition) is 2. The minimum atomic E-state index is -1.81. The van der Waals surface area contributed by atoms with Gasteiger partial charge in [-0.15, -0.1) is 0 Å². The smallest absolute Gasteiger partial charge is 0.235 e. The molecule has 0 radical (unpaired) electrons. The van der Waals surface area contributed by atoms with Crippen LogP contribution in [0.4, 0.5) is 4.39 Å². The van der Waals surface area contributed by atoms with Gasteiger partial charge in [-0.1, -0.05) is 6.08 Å². The fourth-order valence-electron chi connectivity index (χ4n) is 0.808. The third-order valence-corrected chi connectivity index (χ3v) is 1.40. The first kappa shape index (κ1) is 7.28. The molecule has 3 heteroatoms. The molecule has 1 atom stereocenters. The third-order valence-electron chi connectivity index (χ3n) is 1.40. The van der Waals surface area contributed by atoms with E-state index >= 15 is 0 Å². The minimum absolute atomic E-state index is 0.00634. The van der Waals surface area contributed by atoms with Crippen LogP contribution in [0.1, 0.15) is 6.42 Å². The molecule has 0 amide bonds. The van der Waals surface area contributed by atoms with Crippen molar-refractivity contribution in [3.8, 4) is 0 Å². The molecule has 0 aromatic rings. The molecule has 1 unspecified atom stereocenters. The molecule has 1 rings (SSSR count). The second-order valence-corrected chi connectivity index (χ2v) is 2.18. The van der Waals surface area contributed by atoms with Crippen molar-refractivity contribution in [3.63, 3.8) is 0 Å². The summed E-state index contributed by atoms with van der Waals surface area (Å²) in [7, 11) is 1.27.